The Hall–Kier alpha value is -1.42. The van der Waals surface area contributed by atoms with Crippen LogP contribution >= 0.6 is 11.6 Å². The highest BCUT2D eigenvalue weighted by Gasteiger charge is 2.40. The van der Waals surface area contributed by atoms with Gasteiger partial charge in [-0.1, -0.05) is 18.0 Å². The van der Waals surface area contributed by atoms with Crippen molar-refractivity contribution in [1.29, 1.82) is 0 Å². The van der Waals surface area contributed by atoms with Gasteiger partial charge in [-0.15, -0.1) is 0 Å². The average Bonchev–Trinajstić information content (AvgIpc) is 3.10. The van der Waals surface area contributed by atoms with Crippen molar-refractivity contribution in [3.05, 3.63) is 17.2 Å². The fraction of sp³-hybridized carbons (Fsp3) is 0.588. The van der Waals surface area contributed by atoms with E-state index in [2.05, 4.69) is 5.32 Å². The van der Waals surface area contributed by atoms with E-state index in [4.69, 9.17) is 21.1 Å². The Bertz CT molecular complexity index is 575. The Morgan fingerprint density at radius 3 is 2.59 bits per heavy atom. The summed E-state index contributed by atoms with van der Waals surface area (Å²) in [7, 11) is 3.11. The van der Waals surface area contributed by atoms with Crippen LogP contribution in [0.2, 0.25) is 5.02 Å². The molecule has 2 aliphatic carbocycles. The van der Waals surface area contributed by atoms with E-state index in [9.17, 15) is 4.79 Å². The van der Waals surface area contributed by atoms with Gasteiger partial charge in [-0.25, -0.2) is 0 Å². The monoisotopic (exact) mass is 323 g/mol. The molecule has 1 amide bonds. The van der Waals surface area contributed by atoms with Crippen LogP contribution in [0.1, 0.15) is 32.1 Å². The Balaban J connectivity index is 1.67. The Labute approximate surface area is 136 Å². The molecule has 2 bridgehead atoms. The van der Waals surface area contributed by atoms with Crippen molar-refractivity contribution in [2.45, 2.75) is 32.1 Å². The number of amides is 1. The molecule has 0 saturated heterocycles. The number of carbonyl (C=O) groups excluding carboxylic acids is 1. The normalized spacial score (nSPS) is 26.0. The maximum absolute atomic E-state index is 12.3. The van der Waals surface area contributed by atoms with Gasteiger partial charge in [0.25, 0.3) is 0 Å². The number of anilines is 1. The molecule has 120 valence electrons. The van der Waals surface area contributed by atoms with E-state index < -0.39 is 0 Å². The summed E-state index contributed by atoms with van der Waals surface area (Å²) in [6.07, 6.45) is 5.76. The van der Waals surface area contributed by atoms with Gasteiger partial charge >= 0.3 is 0 Å². The topological polar surface area (TPSA) is 47.6 Å². The molecule has 2 aliphatic rings. The first-order valence-electron chi connectivity index (χ1n) is 7.82. The van der Waals surface area contributed by atoms with Gasteiger partial charge in [0.2, 0.25) is 5.91 Å². The Kier molecular flexibility index (Phi) is 4.48. The molecular formula is C17H22ClNO3. The average molecular weight is 324 g/mol. The minimum absolute atomic E-state index is 0.0390. The van der Waals surface area contributed by atoms with E-state index in [1.165, 1.54) is 25.7 Å². The SMILES string of the molecule is COc1cc(OC)c(NC(=O)C[C@@H]2C[C@H]3CC[C@@H]2C3)cc1Cl. The summed E-state index contributed by atoms with van der Waals surface area (Å²) in [6, 6.07) is 3.37. The third kappa shape index (κ3) is 3.02. The van der Waals surface area contributed by atoms with Gasteiger partial charge < -0.3 is 14.8 Å². The number of nitrogens with one attached hydrogen (secondary N) is 1. The molecule has 0 aromatic heterocycles. The van der Waals surface area contributed by atoms with E-state index in [0.717, 1.165) is 11.8 Å². The second-order valence-corrected chi connectivity index (χ2v) is 6.78. The second-order valence-electron chi connectivity index (χ2n) is 6.37. The number of halogens is 1. The van der Waals surface area contributed by atoms with Crippen LogP contribution in [0.3, 0.4) is 0 Å². The first-order chi connectivity index (χ1) is 10.6. The van der Waals surface area contributed by atoms with Gasteiger partial charge in [0.05, 0.1) is 24.9 Å². The molecule has 4 nitrogen and oxygen atoms in total. The molecule has 22 heavy (non-hydrogen) atoms. The van der Waals surface area contributed by atoms with Gasteiger partial charge in [0.1, 0.15) is 11.5 Å². The maximum atomic E-state index is 12.3. The first kappa shape index (κ1) is 15.5. The smallest absolute Gasteiger partial charge is 0.224 e. The fourth-order valence-corrected chi connectivity index (χ4v) is 4.26. The lowest BCUT2D eigenvalue weighted by Crippen LogP contribution is -2.20. The zero-order chi connectivity index (χ0) is 15.7. The highest BCUT2D eigenvalue weighted by Crippen LogP contribution is 2.49. The quantitative estimate of drug-likeness (QED) is 0.886. The van der Waals surface area contributed by atoms with Crippen LogP contribution in [0, 0.1) is 17.8 Å². The summed E-state index contributed by atoms with van der Waals surface area (Å²) >= 11 is 6.13. The maximum Gasteiger partial charge on any atom is 0.224 e. The summed E-state index contributed by atoms with van der Waals surface area (Å²) in [5.74, 6) is 3.27. The van der Waals surface area contributed by atoms with Crippen molar-refractivity contribution in [1.82, 2.24) is 0 Å². The summed E-state index contributed by atoms with van der Waals surface area (Å²) in [5.41, 5.74) is 0.599. The van der Waals surface area contributed by atoms with Crippen LogP contribution in [0.25, 0.3) is 0 Å². The van der Waals surface area contributed by atoms with E-state index in [1.807, 2.05) is 0 Å². The highest BCUT2D eigenvalue weighted by molar-refractivity contribution is 6.32. The largest absolute Gasteiger partial charge is 0.495 e. The summed E-state index contributed by atoms with van der Waals surface area (Å²) in [4.78, 5) is 12.3. The lowest BCUT2D eigenvalue weighted by molar-refractivity contribution is -0.117. The number of hydrogen-bond acceptors (Lipinski definition) is 3. The van der Waals surface area contributed by atoms with Crippen molar-refractivity contribution >= 4 is 23.2 Å². The van der Waals surface area contributed by atoms with E-state index in [-0.39, 0.29) is 5.91 Å². The number of fused-ring (bicyclic) bond motifs is 2. The fourth-order valence-electron chi connectivity index (χ4n) is 4.02. The van der Waals surface area contributed by atoms with Crippen LogP contribution in [0.15, 0.2) is 12.1 Å². The van der Waals surface area contributed by atoms with E-state index >= 15 is 0 Å². The Morgan fingerprint density at radius 1 is 1.23 bits per heavy atom. The molecule has 3 atom stereocenters. The molecule has 2 saturated carbocycles. The number of ether oxygens (including phenoxy) is 2. The Morgan fingerprint density at radius 2 is 2.00 bits per heavy atom. The minimum atomic E-state index is 0.0390. The van der Waals surface area contributed by atoms with Crippen molar-refractivity contribution in [2.75, 3.05) is 19.5 Å². The van der Waals surface area contributed by atoms with Crippen LogP contribution < -0.4 is 14.8 Å². The highest BCUT2D eigenvalue weighted by atomic mass is 35.5. The van der Waals surface area contributed by atoms with Crippen LogP contribution in [-0.2, 0) is 4.79 Å². The third-order valence-electron chi connectivity index (χ3n) is 5.08. The predicted molar refractivity (Wildman–Crippen MR) is 86.7 cm³/mol. The van der Waals surface area contributed by atoms with Gasteiger partial charge in [-0.3, -0.25) is 4.79 Å². The van der Waals surface area contributed by atoms with Gasteiger partial charge in [0, 0.05) is 12.5 Å². The zero-order valence-corrected chi connectivity index (χ0v) is 13.8. The molecule has 1 aromatic carbocycles. The van der Waals surface area contributed by atoms with E-state index in [0.29, 0.717) is 34.5 Å². The molecule has 1 N–H and O–H groups in total. The molecule has 1 aromatic rings. The number of benzene rings is 1. The molecule has 3 rings (SSSR count). The van der Waals surface area contributed by atoms with Gasteiger partial charge in [0.15, 0.2) is 0 Å². The number of hydrogen-bond donors (Lipinski definition) is 1. The summed E-state index contributed by atoms with van der Waals surface area (Å²) in [5, 5.41) is 3.39. The number of methoxy groups -OCH3 is 2. The molecule has 0 unspecified atom stereocenters. The lowest BCUT2D eigenvalue weighted by atomic mass is 9.86. The molecule has 2 fully saturated rings. The number of carbonyl (C=O) groups is 1. The van der Waals surface area contributed by atoms with E-state index in [1.54, 1.807) is 26.4 Å². The third-order valence-corrected chi connectivity index (χ3v) is 5.38. The molecule has 0 radical (unpaired) electrons. The van der Waals surface area contributed by atoms with Crippen molar-refractivity contribution in [2.24, 2.45) is 17.8 Å². The number of rotatable bonds is 5. The van der Waals surface area contributed by atoms with Crippen molar-refractivity contribution in [3.8, 4) is 11.5 Å². The molecule has 0 aliphatic heterocycles. The molecular weight excluding hydrogens is 302 g/mol. The zero-order valence-electron chi connectivity index (χ0n) is 13.0. The lowest BCUT2D eigenvalue weighted by Gasteiger charge is -2.21. The second kappa shape index (κ2) is 6.37. The molecule has 5 heteroatoms. The standard InChI is InChI=1S/C17H22ClNO3/c1-21-15-9-16(22-2)14(8-13(15)18)19-17(20)7-12-6-10-3-4-11(12)5-10/h8-12H,3-7H2,1-2H3,(H,19,20)/t10-,11+,12-/m0/s1. The van der Waals surface area contributed by atoms with Crippen LogP contribution in [0.5, 0.6) is 11.5 Å². The van der Waals surface area contributed by atoms with Gasteiger partial charge in [-0.2, -0.15) is 0 Å². The molecule has 0 spiro atoms. The minimum Gasteiger partial charge on any atom is -0.495 e. The predicted octanol–water partition coefficient (Wildman–Crippen LogP) is 4.12. The summed E-state index contributed by atoms with van der Waals surface area (Å²) < 4.78 is 10.5. The van der Waals surface area contributed by atoms with Crippen LogP contribution in [0.4, 0.5) is 5.69 Å². The first-order valence-corrected chi connectivity index (χ1v) is 8.20. The molecule has 0 heterocycles. The van der Waals surface area contributed by atoms with Gasteiger partial charge in [-0.05, 0) is 43.1 Å². The van der Waals surface area contributed by atoms with Crippen molar-refractivity contribution in [3.63, 3.8) is 0 Å². The summed E-state index contributed by atoms with van der Waals surface area (Å²) in [6.45, 7) is 0. The van der Waals surface area contributed by atoms with Crippen molar-refractivity contribution < 1.29 is 14.3 Å². The van der Waals surface area contributed by atoms with Crippen LogP contribution in [-0.4, -0.2) is 20.1 Å².